The molecule has 0 spiro atoms. The van der Waals surface area contributed by atoms with Crippen LogP contribution in [0, 0.1) is 5.92 Å². The van der Waals surface area contributed by atoms with E-state index in [4.69, 9.17) is 21.1 Å². The zero-order chi connectivity index (χ0) is 18.3. The van der Waals surface area contributed by atoms with Crippen molar-refractivity contribution >= 4 is 34.4 Å². The summed E-state index contributed by atoms with van der Waals surface area (Å²) in [5.74, 6) is 0.754. The zero-order valence-corrected chi connectivity index (χ0v) is 15.3. The SMILES string of the molecule is C=Cc1cnc(OC2CC(C(=O)N3CC(OC)C3)C2)c2cnc(Cl)cc12. The van der Waals surface area contributed by atoms with Gasteiger partial charge in [0.05, 0.1) is 11.5 Å². The van der Waals surface area contributed by atoms with Crippen molar-refractivity contribution in [1.82, 2.24) is 14.9 Å². The molecule has 2 aromatic heterocycles. The van der Waals surface area contributed by atoms with Crippen LogP contribution in [0.25, 0.3) is 16.8 Å². The minimum Gasteiger partial charge on any atom is -0.474 e. The number of amides is 1. The van der Waals surface area contributed by atoms with E-state index in [0.717, 1.165) is 16.3 Å². The first kappa shape index (κ1) is 17.2. The Morgan fingerprint density at radius 1 is 1.27 bits per heavy atom. The van der Waals surface area contributed by atoms with Crippen LogP contribution < -0.4 is 4.74 Å². The average Bonchev–Trinajstić information content (AvgIpc) is 2.56. The van der Waals surface area contributed by atoms with Gasteiger partial charge in [-0.05, 0) is 18.9 Å². The third-order valence-electron chi connectivity index (χ3n) is 5.17. The first-order valence-corrected chi connectivity index (χ1v) is 9.01. The molecule has 6 nitrogen and oxygen atoms in total. The molecule has 0 radical (unpaired) electrons. The number of fused-ring (bicyclic) bond motifs is 1. The second-order valence-corrected chi connectivity index (χ2v) is 7.17. The summed E-state index contributed by atoms with van der Waals surface area (Å²) in [6.07, 6.45) is 6.70. The Balaban J connectivity index is 1.42. The summed E-state index contributed by atoms with van der Waals surface area (Å²) in [4.78, 5) is 22.7. The van der Waals surface area contributed by atoms with Crippen LogP contribution in [0.3, 0.4) is 0 Å². The van der Waals surface area contributed by atoms with Crippen molar-refractivity contribution in [1.29, 1.82) is 0 Å². The summed E-state index contributed by atoms with van der Waals surface area (Å²) in [6.45, 7) is 5.19. The van der Waals surface area contributed by atoms with Crippen molar-refractivity contribution in [2.75, 3.05) is 20.2 Å². The van der Waals surface area contributed by atoms with Gasteiger partial charge in [-0.2, -0.15) is 0 Å². The minimum atomic E-state index is -0.00981. The molecule has 0 atom stereocenters. The number of methoxy groups -OCH3 is 1. The maximum absolute atomic E-state index is 12.4. The molecule has 3 heterocycles. The molecule has 2 fully saturated rings. The second-order valence-electron chi connectivity index (χ2n) is 6.78. The predicted octanol–water partition coefficient (Wildman–Crippen LogP) is 2.94. The number of rotatable bonds is 5. The number of aromatic nitrogens is 2. The van der Waals surface area contributed by atoms with Gasteiger partial charge >= 0.3 is 0 Å². The molecule has 136 valence electrons. The summed E-state index contributed by atoms with van der Waals surface area (Å²) in [6, 6.07) is 1.78. The molecule has 1 amide bonds. The molecule has 0 aromatic carbocycles. The molecule has 0 N–H and O–H groups in total. The van der Waals surface area contributed by atoms with Gasteiger partial charge in [-0.1, -0.05) is 24.3 Å². The molecule has 2 aliphatic rings. The number of carbonyl (C=O) groups excluding carboxylic acids is 1. The minimum absolute atomic E-state index is 0.00981. The lowest BCUT2D eigenvalue weighted by Crippen LogP contribution is -2.58. The molecular formula is C19H20ClN3O3. The van der Waals surface area contributed by atoms with Crippen LogP contribution in [0.2, 0.25) is 5.15 Å². The van der Waals surface area contributed by atoms with Gasteiger partial charge in [0.2, 0.25) is 11.8 Å². The molecule has 1 saturated carbocycles. The summed E-state index contributed by atoms with van der Waals surface area (Å²) in [5, 5.41) is 2.12. The normalized spacial score (nSPS) is 22.6. The summed E-state index contributed by atoms with van der Waals surface area (Å²) in [5.41, 5.74) is 0.879. The maximum atomic E-state index is 12.4. The Morgan fingerprint density at radius 2 is 2.04 bits per heavy atom. The van der Waals surface area contributed by atoms with E-state index >= 15 is 0 Å². The largest absolute Gasteiger partial charge is 0.474 e. The Bertz CT molecular complexity index is 860. The highest BCUT2D eigenvalue weighted by Gasteiger charge is 2.42. The Hall–Kier alpha value is -2.18. The first-order valence-electron chi connectivity index (χ1n) is 8.64. The van der Waals surface area contributed by atoms with Gasteiger partial charge in [-0.25, -0.2) is 9.97 Å². The van der Waals surface area contributed by atoms with Crippen LogP contribution in [0.4, 0.5) is 0 Å². The molecule has 1 aliphatic heterocycles. The summed E-state index contributed by atoms with van der Waals surface area (Å²) in [7, 11) is 1.68. The van der Waals surface area contributed by atoms with Gasteiger partial charge in [-0.15, -0.1) is 0 Å². The number of nitrogens with zero attached hydrogens (tertiary/aromatic N) is 3. The standard InChI is InChI=1S/C19H20ClN3O3/c1-3-11-7-22-18(16-8-21-17(20)6-15(11)16)26-13-4-12(5-13)19(24)23-9-14(10-23)25-2/h3,6-8,12-14H,1,4-5,9-10H2,2H3. The van der Waals surface area contributed by atoms with Gasteiger partial charge in [0.1, 0.15) is 11.3 Å². The number of halogens is 1. The highest BCUT2D eigenvalue weighted by atomic mass is 35.5. The average molecular weight is 374 g/mol. The van der Waals surface area contributed by atoms with E-state index in [1.165, 1.54) is 0 Å². The van der Waals surface area contributed by atoms with E-state index in [2.05, 4.69) is 16.5 Å². The molecule has 0 unspecified atom stereocenters. The quantitative estimate of drug-likeness (QED) is 0.754. The van der Waals surface area contributed by atoms with Crippen molar-refractivity contribution in [2.45, 2.75) is 25.0 Å². The van der Waals surface area contributed by atoms with Crippen LogP contribution in [-0.2, 0) is 9.53 Å². The Labute approximate surface area is 156 Å². The maximum Gasteiger partial charge on any atom is 0.226 e. The molecule has 1 saturated heterocycles. The number of pyridine rings is 2. The van der Waals surface area contributed by atoms with Crippen LogP contribution in [0.1, 0.15) is 18.4 Å². The Morgan fingerprint density at radius 3 is 2.73 bits per heavy atom. The lowest BCUT2D eigenvalue weighted by atomic mass is 9.80. The third kappa shape index (κ3) is 3.04. The molecule has 4 rings (SSSR count). The lowest BCUT2D eigenvalue weighted by molar-refractivity contribution is -0.153. The lowest BCUT2D eigenvalue weighted by Gasteiger charge is -2.43. The Kier molecular flexibility index (Phi) is 4.54. The zero-order valence-electron chi connectivity index (χ0n) is 14.5. The van der Waals surface area contributed by atoms with Crippen molar-refractivity contribution in [3.8, 4) is 5.88 Å². The fraction of sp³-hybridized carbons (Fsp3) is 0.421. The van der Waals surface area contributed by atoms with Gasteiger partial charge in [-0.3, -0.25) is 4.79 Å². The fourth-order valence-corrected chi connectivity index (χ4v) is 3.57. The van der Waals surface area contributed by atoms with Crippen LogP contribution in [0.5, 0.6) is 5.88 Å². The molecule has 7 heteroatoms. The molecule has 2 aromatic rings. The highest BCUT2D eigenvalue weighted by molar-refractivity contribution is 6.30. The number of carbonyl (C=O) groups is 1. The number of hydrogen-bond donors (Lipinski definition) is 0. The van der Waals surface area contributed by atoms with Gasteiger partial charge in [0.15, 0.2) is 0 Å². The predicted molar refractivity (Wildman–Crippen MR) is 99.2 cm³/mol. The topological polar surface area (TPSA) is 64.5 Å². The molecule has 26 heavy (non-hydrogen) atoms. The van der Waals surface area contributed by atoms with Gasteiger partial charge in [0.25, 0.3) is 0 Å². The van der Waals surface area contributed by atoms with Gasteiger partial charge in [0, 0.05) is 49.5 Å². The van der Waals surface area contributed by atoms with Crippen LogP contribution >= 0.6 is 11.6 Å². The molecule has 0 bridgehead atoms. The number of likely N-dealkylation sites (tertiary alicyclic amines) is 1. The molecular weight excluding hydrogens is 354 g/mol. The van der Waals surface area contributed by atoms with Gasteiger partial charge < -0.3 is 14.4 Å². The third-order valence-corrected chi connectivity index (χ3v) is 5.37. The van der Waals surface area contributed by atoms with E-state index in [-0.39, 0.29) is 24.0 Å². The van der Waals surface area contributed by atoms with E-state index < -0.39 is 0 Å². The van der Waals surface area contributed by atoms with Crippen molar-refractivity contribution in [2.24, 2.45) is 5.92 Å². The van der Waals surface area contributed by atoms with Crippen molar-refractivity contribution < 1.29 is 14.3 Å². The fourth-order valence-electron chi connectivity index (χ4n) is 3.41. The van der Waals surface area contributed by atoms with E-state index in [9.17, 15) is 4.79 Å². The molecule has 1 aliphatic carbocycles. The summed E-state index contributed by atoms with van der Waals surface area (Å²) < 4.78 is 11.3. The van der Waals surface area contributed by atoms with Crippen molar-refractivity contribution in [3.63, 3.8) is 0 Å². The van der Waals surface area contributed by atoms with E-state index in [0.29, 0.717) is 37.0 Å². The van der Waals surface area contributed by atoms with Crippen LogP contribution in [-0.4, -0.2) is 53.2 Å². The second kappa shape index (κ2) is 6.85. The first-order chi connectivity index (χ1) is 12.6. The van der Waals surface area contributed by atoms with Crippen LogP contribution in [0.15, 0.2) is 25.0 Å². The summed E-state index contributed by atoms with van der Waals surface area (Å²) >= 11 is 6.01. The van der Waals surface area contributed by atoms with Crippen molar-refractivity contribution in [3.05, 3.63) is 35.8 Å². The number of hydrogen-bond acceptors (Lipinski definition) is 5. The monoisotopic (exact) mass is 373 g/mol. The van der Waals surface area contributed by atoms with E-state index in [1.807, 2.05) is 4.90 Å². The number of ether oxygens (including phenoxy) is 2. The highest BCUT2D eigenvalue weighted by Crippen LogP contribution is 2.36. The van der Waals surface area contributed by atoms with E-state index in [1.54, 1.807) is 31.6 Å². The smallest absolute Gasteiger partial charge is 0.226 e.